The molecule has 1 heterocycles. The average molecular weight is 262 g/mol. The Kier molecular flexibility index (Phi) is 2.66. The SMILES string of the molecule is COC1=CC2=NC(=O)N(C3CC3)C(=O)C2C=C1OC. The van der Waals surface area contributed by atoms with E-state index in [9.17, 15) is 9.59 Å². The zero-order valence-electron chi connectivity index (χ0n) is 10.8. The first-order valence-corrected chi connectivity index (χ1v) is 6.13. The Hall–Kier alpha value is -2.11. The number of urea groups is 1. The number of nitrogens with zero attached hydrogens (tertiary/aromatic N) is 2. The summed E-state index contributed by atoms with van der Waals surface area (Å²) in [5, 5.41) is 0. The maximum Gasteiger partial charge on any atom is 0.350 e. The van der Waals surface area contributed by atoms with E-state index in [1.165, 1.54) is 19.1 Å². The highest BCUT2D eigenvalue weighted by atomic mass is 16.5. The highest BCUT2D eigenvalue weighted by Gasteiger charge is 2.45. The maximum atomic E-state index is 12.4. The van der Waals surface area contributed by atoms with Crippen molar-refractivity contribution in [1.82, 2.24) is 4.90 Å². The van der Waals surface area contributed by atoms with Crippen LogP contribution in [-0.2, 0) is 14.3 Å². The van der Waals surface area contributed by atoms with Gasteiger partial charge in [-0.05, 0) is 18.9 Å². The van der Waals surface area contributed by atoms with E-state index in [4.69, 9.17) is 9.47 Å². The highest BCUT2D eigenvalue weighted by molar-refractivity contribution is 6.22. The highest BCUT2D eigenvalue weighted by Crippen LogP contribution is 2.34. The molecule has 1 saturated carbocycles. The van der Waals surface area contributed by atoms with Gasteiger partial charge in [0.1, 0.15) is 5.92 Å². The van der Waals surface area contributed by atoms with Crippen LogP contribution in [0.5, 0.6) is 0 Å². The Morgan fingerprint density at radius 2 is 1.89 bits per heavy atom. The maximum absolute atomic E-state index is 12.4. The van der Waals surface area contributed by atoms with Gasteiger partial charge in [-0.1, -0.05) is 0 Å². The van der Waals surface area contributed by atoms with Crippen molar-refractivity contribution in [3.05, 3.63) is 23.7 Å². The minimum Gasteiger partial charge on any atom is -0.493 e. The molecule has 0 N–H and O–H groups in total. The summed E-state index contributed by atoms with van der Waals surface area (Å²) in [6.07, 6.45) is 4.98. The molecule has 1 atom stereocenters. The molecule has 0 aromatic carbocycles. The lowest BCUT2D eigenvalue weighted by Gasteiger charge is -2.29. The van der Waals surface area contributed by atoms with Crippen molar-refractivity contribution in [1.29, 1.82) is 0 Å². The number of methoxy groups -OCH3 is 2. The number of fused-ring (bicyclic) bond motifs is 1. The molecule has 0 radical (unpaired) electrons. The summed E-state index contributed by atoms with van der Waals surface area (Å²) in [5.74, 6) is 0.188. The fourth-order valence-corrected chi connectivity index (χ4v) is 2.32. The quantitative estimate of drug-likeness (QED) is 0.767. The Morgan fingerprint density at radius 1 is 1.21 bits per heavy atom. The van der Waals surface area contributed by atoms with Gasteiger partial charge in [-0.25, -0.2) is 4.79 Å². The number of imide groups is 1. The molecule has 0 aromatic rings. The number of carbonyl (C=O) groups excluding carboxylic acids is 2. The van der Waals surface area contributed by atoms with E-state index in [0.29, 0.717) is 17.2 Å². The Morgan fingerprint density at radius 3 is 2.47 bits per heavy atom. The number of aliphatic imine (C=N–C) groups is 1. The Labute approximate surface area is 110 Å². The van der Waals surface area contributed by atoms with Crippen LogP contribution in [0.3, 0.4) is 0 Å². The van der Waals surface area contributed by atoms with Crippen molar-refractivity contribution in [3.63, 3.8) is 0 Å². The summed E-state index contributed by atoms with van der Waals surface area (Å²) in [4.78, 5) is 29.5. The number of hydrogen-bond acceptors (Lipinski definition) is 4. The molecule has 1 fully saturated rings. The van der Waals surface area contributed by atoms with Crippen molar-refractivity contribution < 1.29 is 19.1 Å². The lowest BCUT2D eigenvalue weighted by Crippen LogP contribution is -2.47. The molecule has 1 unspecified atom stereocenters. The van der Waals surface area contributed by atoms with Crippen LogP contribution in [0, 0.1) is 5.92 Å². The molecule has 6 heteroatoms. The first-order valence-electron chi connectivity index (χ1n) is 6.13. The van der Waals surface area contributed by atoms with E-state index in [1.54, 1.807) is 12.2 Å². The van der Waals surface area contributed by atoms with Crippen LogP contribution in [-0.4, -0.2) is 42.8 Å². The molecular weight excluding hydrogens is 248 g/mol. The minimum atomic E-state index is -0.549. The fourth-order valence-electron chi connectivity index (χ4n) is 2.32. The summed E-state index contributed by atoms with van der Waals surface area (Å²) in [6.45, 7) is 0. The van der Waals surface area contributed by atoms with Gasteiger partial charge in [0.25, 0.3) is 0 Å². The molecule has 2 aliphatic carbocycles. The van der Waals surface area contributed by atoms with Gasteiger partial charge in [0.05, 0.1) is 19.9 Å². The smallest absolute Gasteiger partial charge is 0.350 e. The zero-order valence-corrected chi connectivity index (χ0v) is 10.8. The lowest BCUT2D eigenvalue weighted by molar-refractivity contribution is -0.129. The standard InChI is InChI=1S/C13H14N2O4/c1-18-10-5-8-9(6-11(10)19-2)14-13(17)15(12(8)16)7-3-4-7/h5-8H,3-4H2,1-2H3. The summed E-state index contributed by atoms with van der Waals surface area (Å²) in [6, 6.07) is -0.447. The fraction of sp³-hybridized carbons (Fsp3) is 0.462. The molecule has 0 bridgehead atoms. The van der Waals surface area contributed by atoms with E-state index in [2.05, 4.69) is 4.99 Å². The second-order valence-electron chi connectivity index (χ2n) is 4.68. The predicted molar refractivity (Wildman–Crippen MR) is 66.4 cm³/mol. The largest absolute Gasteiger partial charge is 0.493 e. The normalized spacial score (nSPS) is 26.3. The van der Waals surface area contributed by atoms with Gasteiger partial charge in [0, 0.05) is 12.1 Å². The molecule has 3 rings (SSSR count). The predicted octanol–water partition coefficient (Wildman–Crippen LogP) is 1.24. The number of amides is 3. The van der Waals surface area contributed by atoms with Gasteiger partial charge >= 0.3 is 6.03 Å². The van der Waals surface area contributed by atoms with Crippen molar-refractivity contribution in [2.45, 2.75) is 18.9 Å². The molecular formula is C13H14N2O4. The van der Waals surface area contributed by atoms with Gasteiger partial charge in [-0.15, -0.1) is 0 Å². The first kappa shape index (κ1) is 12.0. The van der Waals surface area contributed by atoms with Crippen molar-refractivity contribution in [2.75, 3.05) is 14.2 Å². The van der Waals surface area contributed by atoms with Crippen LogP contribution in [0.1, 0.15) is 12.8 Å². The third-order valence-electron chi connectivity index (χ3n) is 3.44. The van der Waals surface area contributed by atoms with Crippen LogP contribution in [0.4, 0.5) is 4.79 Å². The molecule has 0 aromatic heterocycles. The molecule has 6 nitrogen and oxygen atoms in total. The van der Waals surface area contributed by atoms with Crippen LogP contribution in [0.15, 0.2) is 28.7 Å². The van der Waals surface area contributed by atoms with Gasteiger partial charge in [-0.3, -0.25) is 9.69 Å². The van der Waals surface area contributed by atoms with E-state index in [0.717, 1.165) is 12.8 Å². The van der Waals surface area contributed by atoms with Crippen molar-refractivity contribution >= 4 is 17.6 Å². The second kappa shape index (κ2) is 4.22. The molecule has 0 saturated heterocycles. The van der Waals surface area contributed by atoms with Gasteiger partial charge in [0.15, 0.2) is 11.5 Å². The number of carbonyl (C=O) groups is 2. The van der Waals surface area contributed by atoms with Crippen LogP contribution in [0.25, 0.3) is 0 Å². The topological polar surface area (TPSA) is 68.2 Å². The molecule has 1 aliphatic heterocycles. The van der Waals surface area contributed by atoms with E-state index in [1.807, 2.05) is 0 Å². The minimum absolute atomic E-state index is 0.0255. The van der Waals surface area contributed by atoms with E-state index < -0.39 is 11.9 Å². The van der Waals surface area contributed by atoms with Gasteiger partial charge < -0.3 is 9.47 Å². The van der Waals surface area contributed by atoms with Gasteiger partial charge in [0.2, 0.25) is 5.91 Å². The summed E-state index contributed by atoms with van der Waals surface area (Å²) >= 11 is 0. The number of allylic oxidation sites excluding steroid dienone is 1. The summed E-state index contributed by atoms with van der Waals surface area (Å²) in [5.41, 5.74) is 0.421. The zero-order chi connectivity index (χ0) is 13.6. The Bertz CT molecular complexity index is 543. The second-order valence-corrected chi connectivity index (χ2v) is 4.68. The van der Waals surface area contributed by atoms with Crippen LogP contribution >= 0.6 is 0 Å². The summed E-state index contributed by atoms with van der Waals surface area (Å²) < 4.78 is 10.3. The van der Waals surface area contributed by atoms with E-state index >= 15 is 0 Å². The number of rotatable bonds is 3. The van der Waals surface area contributed by atoms with Crippen molar-refractivity contribution in [2.24, 2.45) is 10.9 Å². The van der Waals surface area contributed by atoms with Crippen LogP contribution < -0.4 is 0 Å². The average Bonchev–Trinajstić information content (AvgIpc) is 3.22. The summed E-state index contributed by atoms with van der Waals surface area (Å²) in [7, 11) is 3.01. The lowest BCUT2D eigenvalue weighted by atomic mass is 9.93. The third-order valence-corrected chi connectivity index (χ3v) is 3.44. The number of hydrogen-bond donors (Lipinski definition) is 0. The molecule has 100 valence electrons. The molecule has 19 heavy (non-hydrogen) atoms. The third kappa shape index (κ3) is 1.83. The molecule has 0 spiro atoms. The van der Waals surface area contributed by atoms with Crippen molar-refractivity contribution in [3.8, 4) is 0 Å². The molecule has 3 aliphatic rings. The molecule has 3 amide bonds. The monoisotopic (exact) mass is 262 g/mol. The number of ether oxygens (including phenoxy) is 2. The Balaban J connectivity index is 2.00. The first-order chi connectivity index (χ1) is 9.15. The van der Waals surface area contributed by atoms with Crippen LogP contribution in [0.2, 0.25) is 0 Å². The van der Waals surface area contributed by atoms with Gasteiger partial charge in [-0.2, -0.15) is 4.99 Å². The van der Waals surface area contributed by atoms with E-state index in [-0.39, 0.29) is 11.9 Å².